The summed E-state index contributed by atoms with van der Waals surface area (Å²) in [6.45, 7) is 15.5. The van der Waals surface area contributed by atoms with Gasteiger partial charge in [0, 0.05) is 57.6 Å². The van der Waals surface area contributed by atoms with E-state index in [-0.39, 0.29) is 12.1 Å². The maximum absolute atomic E-state index is 12.6. The summed E-state index contributed by atoms with van der Waals surface area (Å²) in [7, 11) is 0.649. The zero-order chi connectivity index (χ0) is 28.4. The number of carbonyl (C=O) groups is 1. The summed E-state index contributed by atoms with van der Waals surface area (Å²) in [6.07, 6.45) is 5.12. The SMILES string of the molecule is CN(C(=O)OC(C)(C)C)C1CCN(c2ncnc3c2c(-c2cccc(Cl)c2)cn3COCC[Si](C)(C)C)CC1. The minimum absolute atomic E-state index is 0.116. The Hall–Kier alpha value is -2.62. The van der Waals surface area contributed by atoms with E-state index in [9.17, 15) is 4.79 Å². The van der Waals surface area contributed by atoms with E-state index in [0.717, 1.165) is 66.6 Å². The lowest BCUT2D eigenvalue weighted by Gasteiger charge is -2.37. The van der Waals surface area contributed by atoms with Crippen molar-refractivity contribution in [3.05, 3.63) is 41.8 Å². The number of ether oxygens (including phenoxy) is 2. The molecule has 0 spiro atoms. The van der Waals surface area contributed by atoms with Crippen LogP contribution in [0.2, 0.25) is 30.7 Å². The number of hydrogen-bond donors (Lipinski definition) is 0. The molecule has 0 saturated carbocycles. The summed E-state index contributed by atoms with van der Waals surface area (Å²) in [5.41, 5.74) is 2.38. The lowest BCUT2D eigenvalue weighted by molar-refractivity contribution is 0.0201. The second-order valence-electron chi connectivity index (χ2n) is 12.6. The van der Waals surface area contributed by atoms with E-state index in [1.54, 1.807) is 11.2 Å². The summed E-state index contributed by atoms with van der Waals surface area (Å²) in [4.78, 5) is 26.1. The predicted molar refractivity (Wildman–Crippen MR) is 161 cm³/mol. The van der Waals surface area contributed by atoms with Gasteiger partial charge in [0.1, 0.15) is 30.1 Å². The van der Waals surface area contributed by atoms with Crippen LogP contribution in [0.15, 0.2) is 36.8 Å². The van der Waals surface area contributed by atoms with Gasteiger partial charge in [0.2, 0.25) is 0 Å². The van der Waals surface area contributed by atoms with E-state index in [2.05, 4.69) is 46.4 Å². The number of nitrogens with zero attached hydrogens (tertiary/aromatic N) is 5. The molecule has 0 unspecified atom stereocenters. The Morgan fingerprint density at radius 3 is 2.54 bits per heavy atom. The fraction of sp³-hybridized carbons (Fsp3) is 0.552. The largest absolute Gasteiger partial charge is 0.444 e. The summed E-state index contributed by atoms with van der Waals surface area (Å²) in [5, 5.41) is 1.68. The van der Waals surface area contributed by atoms with E-state index in [0.29, 0.717) is 11.8 Å². The van der Waals surface area contributed by atoms with Crippen molar-refractivity contribution in [2.75, 3.05) is 31.6 Å². The Bertz CT molecular complexity index is 1290. The molecule has 1 aliphatic heterocycles. The van der Waals surface area contributed by atoms with Crippen LogP contribution in [0, 0.1) is 0 Å². The minimum Gasteiger partial charge on any atom is -0.444 e. The molecular weight excluding hydrogens is 530 g/mol. The molecule has 0 N–H and O–H groups in total. The third kappa shape index (κ3) is 7.52. The number of piperidine rings is 1. The Morgan fingerprint density at radius 1 is 1.18 bits per heavy atom. The first-order chi connectivity index (χ1) is 18.3. The summed E-state index contributed by atoms with van der Waals surface area (Å²) in [5.74, 6) is 0.897. The van der Waals surface area contributed by atoms with Crippen LogP contribution in [0.1, 0.15) is 33.6 Å². The summed E-state index contributed by atoms with van der Waals surface area (Å²) >= 11 is 6.39. The maximum atomic E-state index is 12.6. The van der Waals surface area contributed by atoms with Gasteiger partial charge in [-0.3, -0.25) is 0 Å². The predicted octanol–water partition coefficient (Wildman–Crippen LogP) is 6.90. The third-order valence-corrected chi connectivity index (χ3v) is 8.93. The number of halogens is 1. The Morgan fingerprint density at radius 2 is 1.90 bits per heavy atom. The standard InChI is InChI=1S/C29H42ClN5O3Si/c1-29(2,3)38-28(36)33(4)23-11-13-34(14-12-23)26-25-24(21-9-8-10-22(30)17-21)18-35(27(25)32-19-31-26)20-37-15-16-39(5,6)7/h8-10,17-19,23H,11-16,20H2,1-7H3. The molecule has 3 heterocycles. The van der Waals surface area contributed by atoms with Crippen molar-refractivity contribution >= 4 is 42.6 Å². The van der Waals surface area contributed by atoms with E-state index in [4.69, 9.17) is 26.1 Å². The number of fused-ring (bicyclic) bond motifs is 1. The van der Waals surface area contributed by atoms with Crippen LogP contribution in [0.25, 0.3) is 22.2 Å². The Balaban J connectivity index is 1.60. The Labute approximate surface area is 238 Å². The van der Waals surface area contributed by atoms with Crippen molar-refractivity contribution in [1.29, 1.82) is 0 Å². The molecule has 10 heteroatoms. The van der Waals surface area contributed by atoms with Gasteiger partial charge in [-0.1, -0.05) is 43.4 Å². The summed E-state index contributed by atoms with van der Waals surface area (Å²) < 4.78 is 13.8. The first kappa shape index (κ1) is 29.4. The van der Waals surface area contributed by atoms with E-state index in [1.807, 2.05) is 46.0 Å². The highest BCUT2D eigenvalue weighted by molar-refractivity contribution is 6.76. The molecular formula is C29H42ClN5O3Si. The van der Waals surface area contributed by atoms with Gasteiger partial charge in [-0.15, -0.1) is 0 Å². The normalized spacial score (nSPS) is 15.1. The number of aromatic nitrogens is 3. The molecule has 212 valence electrons. The molecule has 0 atom stereocenters. The molecule has 1 aromatic carbocycles. The molecule has 1 aliphatic rings. The zero-order valence-electron chi connectivity index (χ0n) is 24.3. The molecule has 4 rings (SSSR count). The van der Waals surface area contributed by atoms with Gasteiger partial charge in [-0.05, 0) is 57.4 Å². The van der Waals surface area contributed by atoms with Crippen molar-refractivity contribution in [2.24, 2.45) is 0 Å². The molecule has 1 amide bonds. The summed E-state index contributed by atoms with van der Waals surface area (Å²) in [6, 6.07) is 9.12. The first-order valence-electron chi connectivity index (χ1n) is 13.7. The van der Waals surface area contributed by atoms with Gasteiger partial charge in [-0.2, -0.15) is 0 Å². The molecule has 39 heavy (non-hydrogen) atoms. The van der Waals surface area contributed by atoms with E-state index < -0.39 is 13.7 Å². The molecule has 0 radical (unpaired) electrons. The second-order valence-corrected chi connectivity index (χ2v) is 18.6. The smallest absolute Gasteiger partial charge is 0.410 e. The zero-order valence-corrected chi connectivity index (χ0v) is 26.1. The number of anilines is 1. The van der Waals surface area contributed by atoms with Gasteiger partial charge in [0.05, 0.1) is 5.39 Å². The monoisotopic (exact) mass is 571 g/mol. The van der Waals surface area contributed by atoms with Gasteiger partial charge in [0.25, 0.3) is 0 Å². The molecule has 8 nitrogen and oxygen atoms in total. The third-order valence-electron chi connectivity index (χ3n) is 6.99. The van der Waals surface area contributed by atoms with Crippen LogP contribution in [0.5, 0.6) is 0 Å². The highest BCUT2D eigenvalue weighted by atomic mass is 35.5. The van der Waals surface area contributed by atoms with E-state index in [1.165, 1.54) is 0 Å². The topological polar surface area (TPSA) is 72.7 Å². The molecule has 0 bridgehead atoms. The van der Waals surface area contributed by atoms with Crippen LogP contribution in [-0.2, 0) is 16.2 Å². The number of hydrogen-bond acceptors (Lipinski definition) is 6. The van der Waals surface area contributed by atoms with Crippen molar-refractivity contribution in [1.82, 2.24) is 19.4 Å². The molecule has 1 fully saturated rings. The average Bonchev–Trinajstić information content (AvgIpc) is 3.23. The van der Waals surface area contributed by atoms with Crippen molar-refractivity contribution < 1.29 is 14.3 Å². The van der Waals surface area contributed by atoms with Crippen molar-refractivity contribution in [2.45, 2.75) is 77.7 Å². The average molecular weight is 572 g/mol. The fourth-order valence-corrected chi connectivity index (χ4v) is 5.76. The molecule has 1 saturated heterocycles. The van der Waals surface area contributed by atoms with Gasteiger partial charge in [0.15, 0.2) is 0 Å². The number of carbonyl (C=O) groups excluding carboxylic acids is 1. The first-order valence-corrected chi connectivity index (χ1v) is 17.8. The lowest BCUT2D eigenvalue weighted by Crippen LogP contribution is -2.47. The second kappa shape index (κ2) is 11.9. The fourth-order valence-electron chi connectivity index (χ4n) is 4.81. The number of benzene rings is 1. The van der Waals surface area contributed by atoms with E-state index >= 15 is 0 Å². The lowest BCUT2D eigenvalue weighted by atomic mass is 10.0. The quantitative estimate of drug-likeness (QED) is 0.216. The van der Waals surface area contributed by atoms with Crippen LogP contribution < -0.4 is 4.90 Å². The highest BCUT2D eigenvalue weighted by Gasteiger charge is 2.30. The number of amides is 1. The van der Waals surface area contributed by atoms with Gasteiger partial charge in [-0.25, -0.2) is 14.8 Å². The molecule has 0 aliphatic carbocycles. The number of rotatable bonds is 8. The van der Waals surface area contributed by atoms with Crippen LogP contribution in [0.3, 0.4) is 0 Å². The van der Waals surface area contributed by atoms with Crippen LogP contribution in [-0.4, -0.2) is 72.0 Å². The minimum atomic E-state index is -1.18. The van der Waals surface area contributed by atoms with Crippen molar-refractivity contribution in [3.63, 3.8) is 0 Å². The van der Waals surface area contributed by atoms with Gasteiger partial charge >= 0.3 is 6.09 Å². The van der Waals surface area contributed by atoms with Crippen molar-refractivity contribution in [3.8, 4) is 11.1 Å². The Kier molecular flexibility index (Phi) is 8.93. The van der Waals surface area contributed by atoms with Crippen LogP contribution in [0.4, 0.5) is 10.6 Å². The molecule has 2 aromatic heterocycles. The highest BCUT2D eigenvalue weighted by Crippen LogP contribution is 2.37. The van der Waals surface area contributed by atoms with Crippen LogP contribution >= 0.6 is 11.6 Å². The molecule has 3 aromatic rings. The maximum Gasteiger partial charge on any atom is 0.410 e. The van der Waals surface area contributed by atoms with Gasteiger partial charge < -0.3 is 23.8 Å².